The van der Waals surface area contributed by atoms with Crippen LogP contribution in [0.3, 0.4) is 0 Å². The first-order valence-electron chi connectivity index (χ1n) is 5.98. The van der Waals surface area contributed by atoms with E-state index in [1.54, 1.807) is 17.4 Å². The van der Waals surface area contributed by atoms with Gasteiger partial charge in [-0.25, -0.2) is 0 Å². The second-order valence-corrected chi connectivity index (χ2v) is 6.35. The number of nitrogens with zero attached hydrogens (tertiary/aromatic N) is 2. The van der Waals surface area contributed by atoms with E-state index in [2.05, 4.69) is 29.5 Å². The predicted octanol–water partition coefficient (Wildman–Crippen LogP) is 5.24. The van der Waals surface area contributed by atoms with Gasteiger partial charge in [0.1, 0.15) is 0 Å². The molecule has 2 aromatic rings. The maximum absolute atomic E-state index is 6.29. The Morgan fingerprint density at radius 2 is 2.11 bits per heavy atom. The zero-order valence-corrected chi connectivity index (χ0v) is 12.6. The van der Waals surface area contributed by atoms with Gasteiger partial charge in [0.25, 0.3) is 0 Å². The Labute approximate surface area is 126 Å². The minimum atomic E-state index is 0.207. The minimum absolute atomic E-state index is 0.207. The molecule has 0 saturated heterocycles. The second-order valence-electron chi connectivity index (χ2n) is 4.52. The largest absolute Gasteiger partial charge is 0.255 e. The lowest BCUT2D eigenvalue weighted by atomic mass is 10.0. The van der Waals surface area contributed by atoms with Crippen LogP contribution in [0.15, 0.2) is 40.8 Å². The molecule has 5 heteroatoms. The van der Waals surface area contributed by atoms with Gasteiger partial charge in [-0.2, -0.15) is 5.10 Å². The van der Waals surface area contributed by atoms with Crippen molar-refractivity contribution < 1.29 is 0 Å². The lowest BCUT2D eigenvalue weighted by Gasteiger charge is -2.26. The standard InChI is InChI=1S/C14H12Cl2N2S/c1-9-8-17-18(14(9)13-3-2-6-19-13)12-5-4-10(15)7-11(12)16/h2-9,14H,1H3/t9-,14+/m1/s1. The predicted molar refractivity (Wildman–Crippen MR) is 83.7 cm³/mol. The van der Waals surface area contributed by atoms with Gasteiger partial charge in [0.05, 0.1) is 16.8 Å². The van der Waals surface area contributed by atoms with Crippen LogP contribution in [-0.4, -0.2) is 6.21 Å². The highest BCUT2D eigenvalue weighted by Gasteiger charge is 2.32. The summed E-state index contributed by atoms with van der Waals surface area (Å²) >= 11 is 14.0. The summed E-state index contributed by atoms with van der Waals surface area (Å²) in [5.74, 6) is 0.352. The molecule has 19 heavy (non-hydrogen) atoms. The fourth-order valence-corrected chi connectivity index (χ4v) is 3.69. The van der Waals surface area contributed by atoms with Crippen molar-refractivity contribution in [2.24, 2.45) is 11.0 Å². The van der Waals surface area contributed by atoms with Crippen LogP contribution in [0.2, 0.25) is 10.0 Å². The smallest absolute Gasteiger partial charge is 0.0943 e. The topological polar surface area (TPSA) is 15.6 Å². The van der Waals surface area contributed by atoms with E-state index in [-0.39, 0.29) is 6.04 Å². The molecule has 2 heterocycles. The van der Waals surface area contributed by atoms with Crippen LogP contribution in [0.25, 0.3) is 0 Å². The summed E-state index contributed by atoms with van der Waals surface area (Å²) in [4.78, 5) is 1.29. The van der Waals surface area contributed by atoms with Crippen molar-refractivity contribution in [1.82, 2.24) is 0 Å². The maximum Gasteiger partial charge on any atom is 0.0943 e. The Morgan fingerprint density at radius 1 is 1.26 bits per heavy atom. The van der Waals surface area contributed by atoms with Gasteiger partial charge in [0, 0.05) is 22.0 Å². The number of rotatable bonds is 2. The van der Waals surface area contributed by atoms with E-state index >= 15 is 0 Å². The Hall–Kier alpha value is -1.03. The molecule has 1 aliphatic rings. The number of halogens is 2. The summed E-state index contributed by atoms with van der Waals surface area (Å²) in [6.45, 7) is 2.16. The van der Waals surface area contributed by atoms with Gasteiger partial charge < -0.3 is 0 Å². The van der Waals surface area contributed by atoms with Gasteiger partial charge in [-0.05, 0) is 29.6 Å². The number of thiophene rings is 1. The first-order valence-corrected chi connectivity index (χ1v) is 7.62. The molecule has 0 aliphatic carbocycles. The van der Waals surface area contributed by atoms with Crippen LogP contribution >= 0.6 is 34.5 Å². The van der Waals surface area contributed by atoms with Crippen molar-refractivity contribution in [3.63, 3.8) is 0 Å². The van der Waals surface area contributed by atoms with Gasteiger partial charge in [-0.15, -0.1) is 11.3 Å². The summed E-state index contributed by atoms with van der Waals surface area (Å²) in [5, 5.41) is 9.83. The van der Waals surface area contributed by atoms with Crippen LogP contribution in [-0.2, 0) is 0 Å². The van der Waals surface area contributed by atoms with Crippen molar-refractivity contribution in [1.29, 1.82) is 0 Å². The molecule has 0 amide bonds. The molecule has 0 radical (unpaired) electrons. The quantitative estimate of drug-likeness (QED) is 0.740. The van der Waals surface area contributed by atoms with Crippen molar-refractivity contribution in [2.75, 3.05) is 5.01 Å². The van der Waals surface area contributed by atoms with E-state index in [0.717, 1.165) is 5.69 Å². The van der Waals surface area contributed by atoms with E-state index in [1.807, 2.05) is 23.4 Å². The van der Waals surface area contributed by atoms with Crippen LogP contribution in [0.1, 0.15) is 17.8 Å². The summed E-state index contributed by atoms with van der Waals surface area (Å²) in [5.41, 5.74) is 0.894. The normalized spacial score (nSPS) is 22.2. The van der Waals surface area contributed by atoms with E-state index in [4.69, 9.17) is 23.2 Å². The molecule has 0 saturated carbocycles. The highest BCUT2D eigenvalue weighted by molar-refractivity contribution is 7.10. The molecule has 0 bridgehead atoms. The van der Waals surface area contributed by atoms with E-state index in [9.17, 15) is 0 Å². The number of hydrogen-bond donors (Lipinski definition) is 0. The average Bonchev–Trinajstić information content (AvgIpc) is 2.98. The summed E-state index contributed by atoms with van der Waals surface area (Å²) in [6, 6.07) is 9.92. The molecule has 1 aliphatic heterocycles. The first kappa shape index (κ1) is 13.0. The molecule has 0 unspecified atom stereocenters. The Bertz CT molecular complexity index is 610. The average molecular weight is 311 g/mol. The molecule has 1 aromatic carbocycles. The number of anilines is 1. The number of hydrogen-bond acceptors (Lipinski definition) is 3. The van der Waals surface area contributed by atoms with Gasteiger partial charge in [0.15, 0.2) is 0 Å². The lowest BCUT2D eigenvalue weighted by Crippen LogP contribution is -2.22. The molecule has 0 fully saturated rings. The molecule has 2 nitrogen and oxygen atoms in total. The first-order chi connectivity index (χ1) is 9.16. The van der Waals surface area contributed by atoms with Crippen molar-refractivity contribution in [3.8, 4) is 0 Å². The molecule has 0 spiro atoms. The maximum atomic E-state index is 6.29. The van der Waals surface area contributed by atoms with E-state index in [0.29, 0.717) is 16.0 Å². The minimum Gasteiger partial charge on any atom is -0.255 e. The third-order valence-electron chi connectivity index (χ3n) is 3.18. The van der Waals surface area contributed by atoms with Crippen LogP contribution in [0.4, 0.5) is 5.69 Å². The van der Waals surface area contributed by atoms with E-state index in [1.165, 1.54) is 4.88 Å². The number of hydrazone groups is 1. The summed E-state index contributed by atoms with van der Waals surface area (Å²) in [7, 11) is 0. The summed E-state index contributed by atoms with van der Waals surface area (Å²) < 4.78 is 0. The van der Waals surface area contributed by atoms with E-state index < -0.39 is 0 Å². The van der Waals surface area contributed by atoms with Crippen molar-refractivity contribution in [2.45, 2.75) is 13.0 Å². The van der Waals surface area contributed by atoms with Crippen LogP contribution in [0, 0.1) is 5.92 Å². The van der Waals surface area contributed by atoms with Gasteiger partial charge >= 0.3 is 0 Å². The summed E-state index contributed by atoms with van der Waals surface area (Å²) in [6.07, 6.45) is 1.97. The Kier molecular flexibility index (Phi) is 3.52. The molecule has 1 aromatic heterocycles. The number of benzene rings is 1. The molecule has 2 atom stereocenters. The SMILES string of the molecule is C[C@@H]1C=NN(c2ccc(Cl)cc2Cl)[C@@H]1c1cccs1. The van der Waals surface area contributed by atoms with Gasteiger partial charge in [-0.1, -0.05) is 36.2 Å². The zero-order valence-electron chi connectivity index (χ0n) is 10.3. The van der Waals surface area contributed by atoms with Gasteiger partial charge in [-0.3, -0.25) is 5.01 Å². The Morgan fingerprint density at radius 3 is 2.79 bits per heavy atom. The molecular weight excluding hydrogens is 299 g/mol. The van der Waals surface area contributed by atoms with Crippen LogP contribution < -0.4 is 5.01 Å². The molecule has 98 valence electrons. The fourth-order valence-electron chi connectivity index (χ4n) is 2.27. The third kappa shape index (κ3) is 2.38. The highest BCUT2D eigenvalue weighted by Crippen LogP contribution is 2.41. The van der Waals surface area contributed by atoms with Crippen molar-refractivity contribution in [3.05, 3.63) is 50.6 Å². The second kappa shape index (κ2) is 5.16. The third-order valence-corrected chi connectivity index (χ3v) is 4.66. The van der Waals surface area contributed by atoms with Gasteiger partial charge in [0.2, 0.25) is 0 Å². The highest BCUT2D eigenvalue weighted by atomic mass is 35.5. The van der Waals surface area contributed by atoms with Crippen molar-refractivity contribution >= 4 is 46.4 Å². The lowest BCUT2D eigenvalue weighted by molar-refractivity contribution is 0.602. The fraction of sp³-hybridized carbons (Fsp3) is 0.214. The Balaban J connectivity index is 2.01. The zero-order chi connectivity index (χ0) is 13.4. The van der Waals surface area contributed by atoms with Crippen LogP contribution in [0.5, 0.6) is 0 Å². The molecular formula is C14H12Cl2N2S. The monoisotopic (exact) mass is 310 g/mol. The molecule has 3 rings (SSSR count). The molecule has 0 N–H and O–H groups in total.